The molecule has 6 saturated carbocycles. The first kappa shape index (κ1) is 5.67. The maximum Gasteiger partial charge on any atom is -0.0235 e. The van der Waals surface area contributed by atoms with E-state index >= 15 is 0 Å². The van der Waals surface area contributed by atoms with Gasteiger partial charge in [-0.25, -0.2) is 0 Å². The topological polar surface area (TPSA) is 0 Å². The molecule has 0 aromatic carbocycles. The lowest BCUT2D eigenvalue weighted by atomic mass is 9.49. The maximum atomic E-state index is 1.69. The zero-order chi connectivity index (χ0) is 7.50. The number of rotatable bonds is 0. The second kappa shape index (κ2) is 1.31. The molecule has 12 heavy (non-hydrogen) atoms. The quantitative estimate of drug-likeness (QED) is 0.511. The second-order valence-corrected chi connectivity index (χ2v) is 6.32. The predicted octanol–water partition coefficient (Wildman–Crippen LogP) is 2.69. The third kappa shape index (κ3) is 0.311. The zero-order valence-electron chi connectivity index (χ0n) is 7.50. The van der Waals surface area contributed by atoms with Gasteiger partial charge < -0.3 is 0 Å². The third-order valence-corrected chi connectivity index (χ3v) is 6.75. The molecule has 0 amide bonds. The molecule has 0 heterocycles. The largest absolute Gasteiger partial charge is 0.0491 e. The Bertz CT molecular complexity index is 276. The summed E-state index contributed by atoms with van der Waals surface area (Å²) in [7, 11) is 0. The van der Waals surface area contributed by atoms with E-state index in [9.17, 15) is 0 Å². The van der Waals surface area contributed by atoms with Crippen molar-refractivity contribution in [1.29, 1.82) is 0 Å². The van der Waals surface area contributed by atoms with Gasteiger partial charge in [0, 0.05) is 0 Å². The monoisotopic (exact) mass is 160 g/mol. The molecule has 7 unspecified atom stereocenters. The van der Waals surface area contributed by atoms with Crippen molar-refractivity contribution in [2.45, 2.75) is 32.1 Å². The van der Waals surface area contributed by atoms with Crippen LogP contribution in [0.3, 0.4) is 0 Å². The predicted molar refractivity (Wildman–Crippen MR) is 46.5 cm³/mol. The van der Waals surface area contributed by atoms with Crippen molar-refractivity contribution in [3.8, 4) is 0 Å². The number of hydrogen-bond acceptors (Lipinski definition) is 0. The molecule has 6 aliphatic rings. The van der Waals surface area contributed by atoms with Gasteiger partial charge >= 0.3 is 0 Å². The van der Waals surface area contributed by atoms with E-state index in [1.165, 1.54) is 35.5 Å². The summed E-state index contributed by atoms with van der Waals surface area (Å²) in [6.07, 6.45) is 8.29. The maximum absolute atomic E-state index is 1.69. The molecule has 6 bridgehead atoms. The second-order valence-electron chi connectivity index (χ2n) is 6.32. The minimum atomic E-state index is 0.971. The van der Waals surface area contributed by atoms with E-state index in [2.05, 4.69) is 0 Å². The van der Waals surface area contributed by atoms with E-state index in [0.29, 0.717) is 0 Å². The standard InChI is InChI=1S/C12H16/c1-2-12-5-9-7-3-6(12)4-8(7)11(9)10(1)12/h6-11H,1-5H2. The first-order chi connectivity index (χ1) is 5.90. The minimum absolute atomic E-state index is 0.971. The van der Waals surface area contributed by atoms with Gasteiger partial charge in [-0.1, -0.05) is 0 Å². The van der Waals surface area contributed by atoms with Crippen molar-refractivity contribution in [2.75, 3.05) is 0 Å². The molecule has 6 fully saturated rings. The molecule has 0 N–H and O–H groups in total. The van der Waals surface area contributed by atoms with Crippen LogP contribution in [0.2, 0.25) is 0 Å². The average molecular weight is 160 g/mol. The fourth-order valence-corrected chi connectivity index (χ4v) is 6.47. The van der Waals surface area contributed by atoms with Gasteiger partial charge in [0.25, 0.3) is 0 Å². The third-order valence-electron chi connectivity index (χ3n) is 6.75. The highest BCUT2D eigenvalue weighted by Crippen LogP contribution is 2.84. The summed E-state index contributed by atoms with van der Waals surface area (Å²) < 4.78 is 0. The fraction of sp³-hybridized carbons (Fsp3) is 1.00. The number of hydrogen-bond donors (Lipinski definition) is 0. The molecule has 1 spiro atoms. The molecule has 0 radical (unpaired) electrons. The van der Waals surface area contributed by atoms with Crippen molar-refractivity contribution in [1.82, 2.24) is 0 Å². The summed E-state index contributed by atoms with van der Waals surface area (Å²) >= 11 is 0. The van der Waals surface area contributed by atoms with Crippen LogP contribution in [0.4, 0.5) is 0 Å². The van der Waals surface area contributed by atoms with E-state index in [1.54, 1.807) is 32.1 Å². The van der Waals surface area contributed by atoms with Crippen LogP contribution in [0.25, 0.3) is 0 Å². The van der Waals surface area contributed by atoms with E-state index in [4.69, 9.17) is 0 Å². The molecule has 0 heteroatoms. The summed E-state index contributed by atoms with van der Waals surface area (Å²) in [6.45, 7) is 0. The van der Waals surface area contributed by atoms with Crippen LogP contribution in [-0.2, 0) is 0 Å². The summed E-state index contributed by atoms with van der Waals surface area (Å²) in [4.78, 5) is 0. The average Bonchev–Trinajstić information content (AvgIpc) is 2.30. The van der Waals surface area contributed by atoms with Crippen LogP contribution < -0.4 is 0 Å². The van der Waals surface area contributed by atoms with Gasteiger partial charge in [-0.2, -0.15) is 0 Å². The smallest absolute Gasteiger partial charge is 0.0235 e. The summed E-state index contributed by atoms with van der Waals surface area (Å²) in [5.74, 6) is 7.49. The van der Waals surface area contributed by atoms with Crippen molar-refractivity contribution < 1.29 is 0 Å². The zero-order valence-corrected chi connectivity index (χ0v) is 7.50. The summed E-state index contributed by atoms with van der Waals surface area (Å²) in [6, 6.07) is 0. The van der Waals surface area contributed by atoms with Gasteiger partial charge in [-0.3, -0.25) is 0 Å². The Kier molecular flexibility index (Phi) is 0.618. The van der Waals surface area contributed by atoms with Crippen LogP contribution in [0, 0.1) is 40.9 Å². The fourth-order valence-electron chi connectivity index (χ4n) is 6.47. The molecular weight excluding hydrogens is 144 g/mol. The molecule has 6 rings (SSSR count). The van der Waals surface area contributed by atoms with Crippen molar-refractivity contribution in [3.63, 3.8) is 0 Å². The van der Waals surface area contributed by atoms with Gasteiger partial charge in [-0.15, -0.1) is 0 Å². The Morgan fingerprint density at radius 2 is 1.92 bits per heavy atom. The Hall–Kier alpha value is 0. The SMILES string of the molecule is C1C2C3CC1C14CCC1C3C2C4. The van der Waals surface area contributed by atoms with E-state index in [1.807, 2.05) is 0 Å². The molecule has 0 aliphatic heterocycles. The Morgan fingerprint density at radius 3 is 2.75 bits per heavy atom. The van der Waals surface area contributed by atoms with E-state index in [-0.39, 0.29) is 0 Å². The molecule has 7 atom stereocenters. The highest BCUT2D eigenvalue weighted by molar-refractivity contribution is 5.25. The highest BCUT2D eigenvalue weighted by Gasteiger charge is 2.77. The van der Waals surface area contributed by atoms with Crippen LogP contribution in [0.15, 0.2) is 0 Å². The van der Waals surface area contributed by atoms with E-state index in [0.717, 1.165) is 5.41 Å². The van der Waals surface area contributed by atoms with Gasteiger partial charge in [0.1, 0.15) is 0 Å². The van der Waals surface area contributed by atoms with Gasteiger partial charge in [0.05, 0.1) is 0 Å². The lowest BCUT2D eigenvalue weighted by Crippen LogP contribution is -2.49. The molecule has 0 nitrogen and oxygen atoms in total. The normalized spacial score (nSPS) is 80.0. The van der Waals surface area contributed by atoms with Gasteiger partial charge in [0.15, 0.2) is 0 Å². The Balaban J connectivity index is 1.81. The Labute approximate surface area is 73.7 Å². The van der Waals surface area contributed by atoms with Crippen LogP contribution >= 0.6 is 0 Å². The summed E-state index contributed by atoms with van der Waals surface area (Å²) in [5, 5.41) is 0. The van der Waals surface area contributed by atoms with Crippen LogP contribution in [0.5, 0.6) is 0 Å². The van der Waals surface area contributed by atoms with Crippen molar-refractivity contribution in [3.05, 3.63) is 0 Å². The van der Waals surface area contributed by atoms with Gasteiger partial charge in [-0.05, 0) is 73.0 Å². The lowest BCUT2D eigenvalue weighted by molar-refractivity contribution is -0.0676. The molecule has 64 valence electrons. The highest BCUT2D eigenvalue weighted by atomic mass is 14.8. The molecule has 0 saturated heterocycles. The van der Waals surface area contributed by atoms with Crippen LogP contribution in [-0.4, -0.2) is 0 Å². The van der Waals surface area contributed by atoms with Crippen molar-refractivity contribution in [2.24, 2.45) is 40.9 Å². The van der Waals surface area contributed by atoms with Crippen LogP contribution in [0.1, 0.15) is 32.1 Å². The molecule has 0 aromatic rings. The van der Waals surface area contributed by atoms with E-state index < -0.39 is 0 Å². The van der Waals surface area contributed by atoms with Gasteiger partial charge in [0.2, 0.25) is 0 Å². The first-order valence-corrected chi connectivity index (χ1v) is 5.90. The minimum Gasteiger partial charge on any atom is -0.0491 e. The molecular formula is C12H16. The van der Waals surface area contributed by atoms with Crippen molar-refractivity contribution >= 4 is 0 Å². The molecule has 0 aromatic heterocycles. The Morgan fingerprint density at radius 1 is 1.00 bits per heavy atom. The first-order valence-electron chi connectivity index (χ1n) is 5.90. The summed E-state index contributed by atoms with van der Waals surface area (Å²) in [5.41, 5.74) is 0.971. The molecule has 6 aliphatic carbocycles. The lowest BCUT2D eigenvalue weighted by Gasteiger charge is -2.55.